The molecule has 0 bridgehead atoms. The average molecular weight is 277 g/mol. The van der Waals surface area contributed by atoms with Crippen LogP contribution in [0.2, 0.25) is 0 Å². The van der Waals surface area contributed by atoms with E-state index >= 15 is 0 Å². The highest BCUT2D eigenvalue weighted by atomic mass is 16.5. The molecule has 0 spiro atoms. The summed E-state index contributed by atoms with van der Waals surface area (Å²) >= 11 is 0. The molecule has 0 aromatic heterocycles. The largest absolute Gasteiger partial charge is 0.478 e. The lowest BCUT2D eigenvalue weighted by atomic mass is 10.1. The molecule has 1 N–H and O–H groups in total. The Hall–Kier alpha value is -1.65. The highest BCUT2D eigenvalue weighted by molar-refractivity contribution is 5.85. The third kappa shape index (κ3) is 6.50. The number of hydrogen-bond acceptors (Lipinski definition) is 3. The van der Waals surface area contributed by atoms with Crippen LogP contribution in [0.25, 0.3) is 6.08 Å². The molecule has 0 fully saturated rings. The second-order valence-corrected chi connectivity index (χ2v) is 4.48. The highest BCUT2D eigenvalue weighted by Crippen LogP contribution is 2.10. The molecular weight excluding hydrogens is 254 g/mol. The molecule has 4 heteroatoms. The van der Waals surface area contributed by atoms with Gasteiger partial charge in [-0.1, -0.05) is 31.2 Å². The smallest absolute Gasteiger partial charge is 0.328 e. The maximum Gasteiger partial charge on any atom is 0.328 e. The van der Waals surface area contributed by atoms with Gasteiger partial charge in [-0.25, -0.2) is 4.79 Å². The number of ether oxygens (including phenoxy) is 1. The molecule has 1 aromatic rings. The van der Waals surface area contributed by atoms with Crippen molar-refractivity contribution in [3.05, 3.63) is 41.5 Å². The van der Waals surface area contributed by atoms with Crippen LogP contribution in [0.15, 0.2) is 30.3 Å². The van der Waals surface area contributed by atoms with Gasteiger partial charge >= 0.3 is 5.97 Å². The lowest BCUT2D eigenvalue weighted by molar-refractivity contribution is -0.131. The van der Waals surface area contributed by atoms with Crippen LogP contribution in [0.4, 0.5) is 0 Å². The molecule has 0 atom stereocenters. The normalized spacial score (nSPS) is 11.3. The van der Waals surface area contributed by atoms with Crippen molar-refractivity contribution in [2.24, 2.45) is 0 Å². The predicted molar refractivity (Wildman–Crippen MR) is 80.6 cm³/mol. The van der Waals surface area contributed by atoms with Crippen LogP contribution in [-0.4, -0.2) is 42.3 Å². The van der Waals surface area contributed by atoms with Gasteiger partial charge in [-0.2, -0.15) is 0 Å². The number of benzene rings is 1. The minimum atomic E-state index is -0.928. The highest BCUT2D eigenvalue weighted by Gasteiger charge is 2.04. The summed E-state index contributed by atoms with van der Waals surface area (Å²) in [7, 11) is 0. The molecule has 20 heavy (non-hydrogen) atoms. The molecule has 0 radical (unpaired) electrons. The Labute approximate surface area is 120 Å². The molecular formula is C16H23NO3. The van der Waals surface area contributed by atoms with Crippen molar-refractivity contribution in [1.82, 2.24) is 4.90 Å². The van der Waals surface area contributed by atoms with E-state index in [0.717, 1.165) is 44.5 Å². The van der Waals surface area contributed by atoms with E-state index in [4.69, 9.17) is 9.84 Å². The van der Waals surface area contributed by atoms with Gasteiger partial charge in [0.2, 0.25) is 0 Å². The fraction of sp³-hybridized carbons (Fsp3) is 0.438. The van der Waals surface area contributed by atoms with Gasteiger partial charge < -0.3 is 9.84 Å². The van der Waals surface area contributed by atoms with Crippen molar-refractivity contribution >= 4 is 12.0 Å². The van der Waals surface area contributed by atoms with Gasteiger partial charge in [0.15, 0.2) is 0 Å². The van der Waals surface area contributed by atoms with Crippen molar-refractivity contribution < 1.29 is 14.6 Å². The minimum Gasteiger partial charge on any atom is -0.478 e. The van der Waals surface area contributed by atoms with Gasteiger partial charge in [-0.15, -0.1) is 0 Å². The van der Waals surface area contributed by atoms with E-state index in [-0.39, 0.29) is 0 Å². The molecule has 1 aromatic carbocycles. The predicted octanol–water partition coefficient (Wildman–Crippen LogP) is 2.64. The van der Waals surface area contributed by atoms with Crippen LogP contribution in [0.1, 0.15) is 25.0 Å². The van der Waals surface area contributed by atoms with Gasteiger partial charge in [0, 0.05) is 25.8 Å². The molecule has 0 saturated heterocycles. The zero-order valence-electron chi connectivity index (χ0n) is 12.2. The average Bonchev–Trinajstić information content (AvgIpc) is 2.44. The molecule has 0 amide bonds. The van der Waals surface area contributed by atoms with Crippen molar-refractivity contribution in [2.75, 3.05) is 26.3 Å². The van der Waals surface area contributed by atoms with E-state index in [1.54, 1.807) is 6.08 Å². The van der Waals surface area contributed by atoms with E-state index in [1.165, 1.54) is 5.56 Å². The Morgan fingerprint density at radius 2 is 2.20 bits per heavy atom. The summed E-state index contributed by atoms with van der Waals surface area (Å²) in [5.41, 5.74) is 2.08. The molecule has 4 nitrogen and oxygen atoms in total. The summed E-state index contributed by atoms with van der Waals surface area (Å²) in [5, 5.41) is 8.64. The first-order chi connectivity index (χ1) is 9.65. The van der Waals surface area contributed by atoms with E-state index in [1.807, 2.05) is 25.1 Å². The first-order valence-corrected chi connectivity index (χ1v) is 6.95. The Morgan fingerprint density at radius 1 is 1.40 bits per heavy atom. The van der Waals surface area contributed by atoms with Crippen LogP contribution >= 0.6 is 0 Å². The molecule has 0 heterocycles. The van der Waals surface area contributed by atoms with Crippen molar-refractivity contribution in [1.29, 1.82) is 0 Å². The third-order valence-corrected chi connectivity index (χ3v) is 2.98. The minimum absolute atomic E-state index is 0.739. The van der Waals surface area contributed by atoms with Crippen LogP contribution < -0.4 is 0 Å². The monoisotopic (exact) mass is 277 g/mol. The van der Waals surface area contributed by atoms with Gasteiger partial charge in [0.1, 0.15) is 0 Å². The standard InChI is InChI=1S/C16H23NO3/c1-3-17(10-11-20-4-2)13-15-7-5-6-14(12-15)8-9-16(18)19/h5-9,12H,3-4,10-11,13H2,1-2H3,(H,18,19). The first kappa shape index (κ1) is 16.4. The lowest BCUT2D eigenvalue weighted by Crippen LogP contribution is -2.27. The Morgan fingerprint density at radius 3 is 2.85 bits per heavy atom. The van der Waals surface area contributed by atoms with E-state index < -0.39 is 5.97 Å². The number of likely N-dealkylation sites (N-methyl/N-ethyl adjacent to an activating group) is 1. The molecule has 0 saturated carbocycles. The summed E-state index contributed by atoms with van der Waals surface area (Å²) in [6.07, 6.45) is 2.77. The number of carbonyl (C=O) groups is 1. The summed E-state index contributed by atoms with van der Waals surface area (Å²) in [6, 6.07) is 7.93. The van der Waals surface area contributed by atoms with E-state index in [0.29, 0.717) is 0 Å². The zero-order valence-corrected chi connectivity index (χ0v) is 12.2. The van der Waals surface area contributed by atoms with Gasteiger partial charge in [0.05, 0.1) is 6.61 Å². The van der Waals surface area contributed by atoms with Crippen LogP contribution in [-0.2, 0) is 16.1 Å². The maximum atomic E-state index is 10.5. The number of hydrogen-bond donors (Lipinski definition) is 1. The topological polar surface area (TPSA) is 49.8 Å². The second kappa shape index (κ2) is 9.28. The number of carboxylic acids is 1. The fourth-order valence-electron chi connectivity index (χ4n) is 1.91. The maximum absolute atomic E-state index is 10.5. The van der Waals surface area contributed by atoms with Crippen LogP contribution in [0.3, 0.4) is 0 Å². The van der Waals surface area contributed by atoms with Crippen LogP contribution in [0, 0.1) is 0 Å². The summed E-state index contributed by atoms with van der Waals surface area (Å²) < 4.78 is 5.37. The SMILES string of the molecule is CCOCCN(CC)Cc1cccc(C=CC(=O)O)c1. The number of nitrogens with zero attached hydrogens (tertiary/aromatic N) is 1. The van der Waals surface area contributed by atoms with Gasteiger partial charge in [-0.05, 0) is 30.7 Å². The van der Waals surface area contributed by atoms with E-state index in [2.05, 4.69) is 17.9 Å². The van der Waals surface area contributed by atoms with Crippen LogP contribution in [0.5, 0.6) is 0 Å². The van der Waals surface area contributed by atoms with E-state index in [9.17, 15) is 4.79 Å². The quantitative estimate of drug-likeness (QED) is 0.557. The Bertz CT molecular complexity index is 443. The lowest BCUT2D eigenvalue weighted by Gasteiger charge is -2.20. The van der Waals surface area contributed by atoms with Gasteiger partial charge in [0.25, 0.3) is 0 Å². The molecule has 0 unspecified atom stereocenters. The summed E-state index contributed by atoms with van der Waals surface area (Å²) in [6.45, 7) is 8.31. The zero-order chi connectivity index (χ0) is 14.8. The molecule has 0 aliphatic rings. The Kier molecular flexibility index (Phi) is 7.62. The van der Waals surface area contributed by atoms with Crippen molar-refractivity contribution in [3.63, 3.8) is 0 Å². The first-order valence-electron chi connectivity index (χ1n) is 6.95. The molecule has 0 aliphatic heterocycles. The summed E-state index contributed by atoms with van der Waals surface area (Å²) in [5.74, 6) is -0.928. The Balaban J connectivity index is 2.61. The van der Waals surface area contributed by atoms with Crippen molar-refractivity contribution in [2.45, 2.75) is 20.4 Å². The number of carboxylic acid groups (broad SMARTS) is 1. The molecule has 1 rings (SSSR count). The fourth-order valence-corrected chi connectivity index (χ4v) is 1.91. The third-order valence-electron chi connectivity index (χ3n) is 2.98. The molecule has 0 aliphatic carbocycles. The van der Waals surface area contributed by atoms with Gasteiger partial charge in [-0.3, -0.25) is 4.90 Å². The summed E-state index contributed by atoms with van der Waals surface area (Å²) in [4.78, 5) is 12.8. The second-order valence-electron chi connectivity index (χ2n) is 4.48. The van der Waals surface area contributed by atoms with Crippen molar-refractivity contribution in [3.8, 4) is 0 Å². The number of aliphatic carboxylic acids is 1. The molecule has 110 valence electrons. The number of rotatable bonds is 9.